The number of rotatable bonds is 10. The molecule has 1 N–H and O–H groups in total. The van der Waals surface area contributed by atoms with Crippen molar-refractivity contribution in [1.29, 1.82) is 0 Å². The first-order valence-corrected chi connectivity index (χ1v) is 7.95. The van der Waals surface area contributed by atoms with Gasteiger partial charge in [-0.1, -0.05) is 30.3 Å². The number of benzene rings is 2. The predicted molar refractivity (Wildman–Crippen MR) is 92.6 cm³/mol. The molecule has 2 rings (SSSR count). The summed E-state index contributed by atoms with van der Waals surface area (Å²) in [7, 11) is 1.54. The number of nitrogens with one attached hydrogen (secondary N) is 1. The molecule has 0 unspecified atom stereocenters. The van der Waals surface area contributed by atoms with Crippen LogP contribution in [-0.2, 0) is 9.63 Å². The maximum Gasteiger partial charge on any atom is 0.243 e. The summed E-state index contributed by atoms with van der Waals surface area (Å²) in [6.45, 7) is 0.525. The number of ether oxygens (including phenoxy) is 2. The zero-order chi connectivity index (χ0) is 17.9. The number of carbonyl (C=O) groups excluding carboxylic acids is 2. The van der Waals surface area contributed by atoms with E-state index in [1.54, 1.807) is 24.3 Å². The summed E-state index contributed by atoms with van der Waals surface area (Å²) in [5.41, 5.74) is 2.82. The highest BCUT2D eigenvalue weighted by Gasteiger charge is 2.10. The van der Waals surface area contributed by atoms with Crippen LogP contribution in [0.1, 0.15) is 23.2 Å². The molecule has 0 spiro atoms. The average Bonchev–Trinajstić information content (AvgIpc) is 2.66. The fourth-order valence-corrected chi connectivity index (χ4v) is 2.07. The second-order valence-electron chi connectivity index (χ2n) is 5.19. The van der Waals surface area contributed by atoms with Crippen LogP contribution in [0.25, 0.3) is 0 Å². The molecule has 0 aromatic heterocycles. The highest BCUT2D eigenvalue weighted by atomic mass is 16.7. The van der Waals surface area contributed by atoms with Crippen molar-refractivity contribution < 1.29 is 23.9 Å². The van der Waals surface area contributed by atoms with Gasteiger partial charge in [-0.05, 0) is 24.3 Å². The van der Waals surface area contributed by atoms with Gasteiger partial charge in [0.1, 0.15) is 24.7 Å². The SMILES string of the molecule is COc1cccc(C(=O)CCC(=O)NOCCOc2ccccc2)c1. The molecule has 132 valence electrons. The van der Waals surface area contributed by atoms with Crippen LogP contribution in [-0.4, -0.2) is 32.0 Å². The number of methoxy groups -OCH3 is 1. The molecule has 0 fully saturated rings. The largest absolute Gasteiger partial charge is 0.497 e. The van der Waals surface area contributed by atoms with Crippen LogP contribution in [0.2, 0.25) is 0 Å². The lowest BCUT2D eigenvalue weighted by Crippen LogP contribution is -2.26. The summed E-state index contributed by atoms with van der Waals surface area (Å²) in [6, 6.07) is 16.2. The van der Waals surface area contributed by atoms with E-state index in [1.807, 2.05) is 30.3 Å². The molecule has 6 heteroatoms. The quantitative estimate of drug-likeness (QED) is 0.408. The van der Waals surface area contributed by atoms with E-state index in [-0.39, 0.29) is 31.1 Å². The van der Waals surface area contributed by atoms with Gasteiger partial charge in [0.05, 0.1) is 7.11 Å². The molecule has 0 aliphatic heterocycles. The fraction of sp³-hybridized carbons (Fsp3) is 0.263. The number of hydrogen-bond donors (Lipinski definition) is 1. The molecule has 0 saturated carbocycles. The summed E-state index contributed by atoms with van der Waals surface area (Å²) in [5, 5.41) is 0. The molecule has 25 heavy (non-hydrogen) atoms. The summed E-state index contributed by atoms with van der Waals surface area (Å²) in [5.74, 6) is 0.871. The fourth-order valence-electron chi connectivity index (χ4n) is 2.07. The summed E-state index contributed by atoms with van der Waals surface area (Å²) in [6.07, 6.45) is 0.151. The molecule has 0 heterocycles. The van der Waals surface area contributed by atoms with Crippen molar-refractivity contribution in [3.63, 3.8) is 0 Å². The number of hydrogen-bond acceptors (Lipinski definition) is 5. The van der Waals surface area contributed by atoms with Crippen molar-refractivity contribution in [3.8, 4) is 11.5 Å². The van der Waals surface area contributed by atoms with Crippen LogP contribution in [0.3, 0.4) is 0 Å². The maximum absolute atomic E-state index is 12.1. The summed E-state index contributed by atoms with van der Waals surface area (Å²) in [4.78, 5) is 28.8. The molecule has 0 saturated heterocycles. The van der Waals surface area contributed by atoms with E-state index < -0.39 is 0 Å². The molecule has 2 aromatic rings. The van der Waals surface area contributed by atoms with E-state index >= 15 is 0 Å². The number of carbonyl (C=O) groups is 2. The van der Waals surface area contributed by atoms with Gasteiger partial charge in [-0.2, -0.15) is 0 Å². The Labute approximate surface area is 146 Å². The van der Waals surface area contributed by atoms with Gasteiger partial charge in [-0.25, -0.2) is 5.48 Å². The van der Waals surface area contributed by atoms with Gasteiger partial charge >= 0.3 is 0 Å². The highest BCUT2D eigenvalue weighted by Crippen LogP contribution is 2.14. The van der Waals surface area contributed by atoms with Gasteiger partial charge in [0.25, 0.3) is 0 Å². The lowest BCUT2D eigenvalue weighted by atomic mass is 10.1. The van der Waals surface area contributed by atoms with Crippen LogP contribution in [0.15, 0.2) is 54.6 Å². The Balaban J connectivity index is 1.61. The Morgan fingerprint density at radius 3 is 2.44 bits per heavy atom. The van der Waals surface area contributed by atoms with E-state index in [0.29, 0.717) is 17.9 Å². The van der Waals surface area contributed by atoms with Crippen molar-refractivity contribution in [1.82, 2.24) is 5.48 Å². The average molecular weight is 343 g/mol. The monoisotopic (exact) mass is 343 g/mol. The minimum atomic E-state index is -0.351. The second-order valence-corrected chi connectivity index (χ2v) is 5.19. The van der Waals surface area contributed by atoms with Crippen LogP contribution >= 0.6 is 0 Å². The molecule has 0 atom stereocenters. The second kappa shape index (κ2) is 10.1. The molecule has 0 bridgehead atoms. The number of amides is 1. The molecular formula is C19H21NO5. The molecule has 0 aliphatic carbocycles. The normalized spacial score (nSPS) is 10.1. The van der Waals surface area contributed by atoms with Gasteiger partial charge in [-0.15, -0.1) is 0 Å². The summed E-state index contributed by atoms with van der Waals surface area (Å²) < 4.78 is 10.5. The lowest BCUT2D eigenvalue weighted by molar-refractivity contribution is -0.134. The number of Topliss-reactive ketones (excluding diaryl/α,β-unsaturated/α-hetero) is 1. The minimum Gasteiger partial charge on any atom is -0.497 e. The van der Waals surface area contributed by atoms with Gasteiger partial charge in [0, 0.05) is 18.4 Å². The third-order valence-corrected chi connectivity index (χ3v) is 3.35. The maximum atomic E-state index is 12.1. The first-order chi connectivity index (χ1) is 12.2. The Bertz CT molecular complexity index is 687. The summed E-state index contributed by atoms with van der Waals surface area (Å²) >= 11 is 0. The van der Waals surface area contributed by atoms with E-state index in [9.17, 15) is 9.59 Å². The highest BCUT2D eigenvalue weighted by molar-refractivity contribution is 5.98. The van der Waals surface area contributed by atoms with Crippen molar-refractivity contribution in [2.75, 3.05) is 20.3 Å². The topological polar surface area (TPSA) is 73.9 Å². The van der Waals surface area contributed by atoms with Crippen molar-refractivity contribution in [2.45, 2.75) is 12.8 Å². The van der Waals surface area contributed by atoms with E-state index in [0.717, 1.165) is 5.75 Å². The Morgan fingerprint density at radius 1 is 0.920 bits per heavy atom. The number of hydroxylamine groups is 1. The van der Waals surface area contributed by atoms with Crippen molar-refractivity contribution >= 4 is 11.7 Å². The molecule has 0 aliphatic rings. The van der Waals surface area contributed by atoms with Crippen LogP contribution in [0.4, 0.5) is 0 Å². The number of para-hydroxylation sites is 1. The lowest BCUT2D eigenvalue weighted by Gasteiger charge is -2.08. The van der Waals surface area contributed by atoms with E-state index in [4.69, 9.17) is 14.3 Å². The Hall–Kier alpha value is -2.86. The van der Waals surface area contributed by atoms with Gasteiger partial charge in [-0.3, -0.25) is 14.4 Å². The molecule has 6 nitrogen and oxygen atoms in total. The van der Waals surface area contributed by atoms with Crippen molar-refractivity contribution in [2.24, 2.45) is 0 Å². The molecular weight excluding hydrogens is 322 g/mol. The Morgan fingerprint density at radius 2 is 1.68 bits per heavy atom. The van der Waals surface area contributed by atoms with Gasteiger partial charge in [0.2, 0.25) is 5.91 Å². The van der Waals surface area contributed by atoms with Crippen LogP contribution < -0.4 is 15.0 Å². The van der Waals surface area contributed by atoms with Gasteiger partial charge < -0.3 is 9.47 Å². The zero-order valence-corrected chi connectivity index (χ0v) is 14.1. The van der Waals surface area contributed by atoms with Crippen LogP contribution in [0.5, 0.6) is 11.5 Å². The molecule has 0 radical (unpaired) electrons. The third-order valence-electron chi connectivity index (χ3n) is 3.35. The third kappa shape index (κ3) is 6.64. The first kappa shape index (κ1) is 18.5. The van der Waals surface area contributed by atoms with Crippen molar-refractivity contribution in [3.05, 3.63) is 60.2 Å². The minimum absolute atomic E-state index is 0.0512. The Kier molecular flexibility index (Phi) is 7.46. The molecule has 2 aromatic carbocycles. The first-order valence-electron chi connectivity index (χ1n) is 7.95. The standard InChI is InChI=1S/C19H21NO5/c1-23-17-9-5-6-15(14-17)18(21)10-11-19(22)20-25-13-12-24-16-7-3-2-4-8-16/h2-9,14H,10-13H2,1H3,(H,20,22). The van der Waals surface area contributed by atoms with E-state index in [2.05, 4.69) is 5.48 Å². The van der Waals surface area contributed by atoms with E-state index in [1.165, 1.54) is 7.11 Å². The zero-order valence-electron chi connectivity index (χ0n) is 14.1. The molecule has 1 amide bonds. The predicted octanol–water partition coefficient (Wildman–Crippen LogP) is 2.78. The smallest absolute Gasteiger partial charge is 0.243 e. The number of ketones is 1. The van der Waals surface area contributed by atoms with Crippen LogP contribution in [0, 0.1) is 0 Å². The van der Waals surface area contributed by atoms with Gasteiger partial charge in [0.15, 0.2) is 5.78 Å².